The Morgan fingerprint density at radius 2 is 1.77 bits per heavy atom. The molecular weight excluding hydrogens is 444 g/mol. The summed E-state index contributed by atoms with van der Waals surface area (Å²) in [5, 5.41) is 25.4. The number of aromatic hydroxyl groups is 1. The molecule has 1 saturated carbocycles. The van der Waals surface area contributed by atoms with E-state index in [0.717, 1.165) is 12.0 Å². The van der Waals surface area contributed by atoms with Gasteiger partial charge in [-0.1, -0.05) is 47.6 Å². The van der Waals surface area contributed by atoms with Crippen LogP contribution in [0.25, 0.3) is 0 Å². The molecule has 178 valence electrons. The zero-order valence-electron chi connectivity index (χ0n) is 19.2. The molecule has 0 saturated heterocycles. The molecule has 0 spiro atoms. The number of carbonyl (C=O) groups is 2. The molecule has 7 heteroatoms. The van der Waals surface area contributed by atoms with E-state index in [0.29, 0.717) is 47.7 Å². The van der Waals surface area contributed by atoms with Crippen molar-refractivity contribution in [3.05, 3.63) is 88.5 Å². The number of hydrogen-bond donors (Lipinski definition) is 2. The van der Waals surface area contributed by atoms with Crippen LogP contribution < -0.4 is 0 Å². The van der Waals surface area contributed by atoms with Crippen molar-refractivity contribution in [2.45, 2.75) is 50.9 Å². The predicted molar refractivity (Wildman–Crippen MR) is 130 cm³/mol. The Morgan fingerprint density at radius 3 is 2.57 bits per heavy atom. The summed E-state index contributed by atoms with van der Waals surface area (Å²) >= 11 is 0. The summed E-state index contributed by atoms with van der Waals surface area (Å²) in [5.41, 5.74) is 3.02. The molecule has 2 aliphatic rings. The first-order valence-electron chi connectivity index (χ1n) is 11.9. The van der Waals surface area contributed by atoms with Gasteiger partial charge in [0.2, 0.25) is 0 Å². The van der Waals surface area contributed by atoms with E-state index in [9.17, 15) is 19.8 Å². The van der Waals surface area contributed by atoms with Crippen molar-refractivity contribution < 1.29 is 24.3 Å². The molecule has 1 heterocycles. The summed E-state index contributed by atoms with van der Waals surface area (Å²) in [6.45, 7) is 0. The molecule has 0 aliphatic heterocycles. The Kier molecular flexibility index (Phi) is 6.31. The fraction of sp³-hybridized carbons (Fsp3) is 0.286. The number of ketones is 2. The third kappa shape index (κ3) is 4.67. The summed E-state index contributed by atoms with van der Waals surface area (Å²) < 4.78 is 5.35. The highest BCUT2D eigenvalue weighted by molar-refractivity contribution is 6.25. The first kappa shape index (κ1) is 22.8. The normalized spacial score (nSPS) is 20.7. The van der Waals surface area contributed by atoms with E-state index in [4.69, 9.17) is 4.52 Å². The summed E-state index contributed by atoms with van der Waals surface area (Å²) in [4.78, 5) is 30.3. The number of aromatic nitrogens is 1. The summed E-state index contributed by atoms with van der Waals surface area (Å²) in [7, 11) is 0. The maximum absolute atomic E-state index is 13.3. The average molecular weight is 471 g/mol. The largest absolute Gasteiger partial charge is 0.511 e. The molecule has 3 aromatic rings. The molecule has 0 bridgehead atoms. The van der Waals surface area contributed by atoms with Gasteiger partial charge < -0.3 is 14.7 Å². The smallest absolute Gasteiger partial charge is 0.168 e. The molecule has 1 aromatic heterocycles. The van der Waals surface area contributed by atoms with Gasteiger partial charge >= 0.3 is 0 Å². The molecule has 1 fully saturated rings. The van der Waals surface area contributed by atoms with Crippen molar-refractivity contribution in [2.24, 2.45) is 4.99 Å². The third-order valence-corrected chi connectivity index (χ3v) is 6.65. The highest BCUT2D eigenvalue weighted by Gasteiger charge is 2.33. The molecule has 2 N–H and O–H groups in total. The second kappa shape index (κ2) is 9.70. The second-order valence-corrected chi connectivity index (χ2v) is 9.01. The number of aliphatic hydroxyl groups excluding tert-OH is 1. The molecule has 1 unspecified atom stereocenters. The molecule has 2 aromatic carbocycles. The maximum atomic E-state index is 13.3. The summed E-state index contributed by atoms with van der Waals surface area (Å²) in [6, 6.07) is 16.4. The quantitative estimate of drug-likeness (QED) is 0.373. The van der Waals surface area contributed by atoms with Crippen molar-refractivity contribution in [1.82, 2.24) is 5.16 Å². The maximum Gasteiger partial charge on any atom is 0.168 e. The summed E-state index contributed by atoms with van der Waals surface area (Å²) in [5.74, 6) is 0.247. The lowest BCUT2D eigenvalue weighted by Gasteiger charge is -2.26. The molecule has 0 amide bonds. The van der Waals surface area contributed by atoms with Gasteiger partial charge in [0.15, 0.2) is 11.6 Å². The van der Waals surface area contributed by atoms with Gasteiger partial charge in [0, 0.05) is 32.1 Å². The number of fused-ring (bicyclic) bond motifs is 1. The van der Waals surface area contributed by atoms with Crippen molar-refractivity contribution in [1.29, 1.82) is 0 Å². The van der Waals surface area contributed by atoms with Crippen molar-refractivity contribution in [2.75, 3.05) is 0 Å². The van der Waals surface area contributed by atoms with Crippen molar-refractivity contribution in [3.8, 4) is 5.75 Å². The van der Waals surface area contributed by atoms with Crippen LogP contribution in [0.5, 0.6) is 5.75 Å². The lowest BCUT2D eigenvalue weighted by Crippen LogP contribution is -2.26. The number of phenols is 1. The van der Waals surface area contributed by atoms with Gasteiger partial charge in [-0.3, -0.25) is 9.59 Å². The fourth-order valence-corrected chi connectivity index (χ4v) is 4.90. The minimum atomic E-state index is -0.199. The van der Waals surface area contributed by atoms with Crippen LogP contribution in [0.1, 0.15) is 65.4 Å². The van der Waals surface area contributed by atoms with E-state index in [-0.39, 0.29) is 53.8 Å². The Balaban J connectivity index is 1.48. The number of benzene rings is 2. The van der Waals surface area contributed by atoms with Crippen LogP contribution >= 0.6 is 0 Å². The topological polar surface area (TPSA) is 113 Å². The molecular formula is C28H26N2O5. The molecule has 35 heavy (non-hydrogen) atoms. The number of Topliss-reactive ketones (excluding diaryl/α,β-unsaturated/α-hetero) is 2. The van der Waals surface area contributed by atoms with Crippen LogP contribution in [0, 0.1) is 0 Å². The first-order chi connectivity index (χ1) is 17.0. The van der Waals surface area contributed by atoms with Gasteiger partial charge in [-0.2, -0.15) is 0 Å². The van der Waals surface area contributed by atoms with E-state index in [1.807, 2.05) is 30.3 Å². The Hall–Kier alpha value is -4.00. The zero-order valence-corrected chi connectivity index (χ0v) is 19.2. The van der Waals surface area contributed by atoms with Gasteiger partial charge in [-0.15, -0.1) is 0 Å². The number of aliphatic imine (C=N–C) groups is 1. The SMILES string of the molecule is O=C1CC(c2ccccc2)CC(=Nc2ccccc2O)C1=C(O)CCc1noc2c1C(=O)CCC2. The van der Waals surface area contributed by atoms with Gasteiger partial charge in [-0.25, -0.2) is 4.99 Å². The summed E-state index contributed by atoms with van der Waals surface area (Å²) in [6.07, 6.45) is 2.99. The van der Waals surface area contributed by atoms with Gasteiger partial charge in [0.05, 0.1) is 22.5 Å². The van der Waals surface area contributed by atoms with E-state index < -0.39 is 0 Å². The first-order valence-corrected chi connectivity index (χ1v) is 11.9. The van der Waals surface area contributed by atoms with E-state index >= 15 is 0 Å². The van der Waals surface area contributed by atoms with Crippen LogP contribution in [0.15, 0.2) is 75.4 Å². The predicted octanol–water partition coefficient (Wildman–Crippen LogP) is 5.56. The Morgan fingerprint density at radius 1 is 1.00 bits per heavy atom. The van der Waals surface area contributed by atoms with Crippen LogP contribution in [0.2, 0.25) is 0 Å². The number of allylic oxidation sites excluding steroid dienone is 2. The number of hydrogen-bond acceptors (Lipinski definition) is 7. The van der Waals surface area contributed by atoms with Gasteiger partial charge in [0.25, 0.3) is 0 Å². The minimum Gasteiger partial charge on any atom is -0.511 e. The van der Waals surface area contributed by atoms with E-state index in [2.05, 4.69) is 10.1 Å². The molecule has 1 atom stereocenters. The van der Waals surface area contributed by atoms with Crippen molar-refractivity contribution in [3.63, 3.8) is 0 Å². The third-order valence-electron chi connectivity index (χ3n) is 6.65. The highest BCUT2D eigenvalue weighted by atomic mass is 16.5. The minimum absolute atomic E-state index is 0.000797. The lowest BCUT2D eigenvalue weighted by molar-refractivity contribution is -0.116. The molecule has 0 radical (unpaired) electrons. The second-order valence-electron chi connectivity index (χ2n) is 9.01. The molecule has 2 aliphatic carbocycles. The van der Waals surface area contributed by atoms with Crippen LogP contribution in [0.3, 0.4) is 0 Å². The van der Waals surface area contributed by atoms with Crippen LogP contribution in [0.4, 0.5) is 5.69 Å². The number of nitrogens with zero attached hydrogens (tertiary/aromatic N) is 2. The van der Waals surface area contributed by atoms with Gasteiger partial charge in [-0.05, 0) is 36.5 Å². The Labute approximate surface area is 202 Å². The standard InChI is InChI=1S/C28H26N2O5/c31-22-10-5-4-9-19(22)29-21-15-18(17-7-2-1-3-8-17)16-25(34)27(21)24(33)14-13-20-28-23(32)11-6-12-26(28)35-30-20/h1-5,7-10,18,31,33H,6,11-16H2. The fourth-order valence-electron chi connectivity index (χ4n) is 4.90. The van der Waals surface area contributed by atoms with E-state index in [1.54, 1.807) is 18.2 Å². The number of phenolic OH excluding ortho intramolecular Hbond substituents is 1. The van der Waals surface area contributed by atoms with Crippen LogP contribution in [-0.4, -0.2) is 32.6 Å². The zero-order chi connectivity index (χ0) is 24.4. The van der Waals surface area contributed by atoms with Crippen molar-refractivity contribution >= 4 is 23.0 Å². The number of aliphatic hydroxyl groups is 1. The van der Waals surface area contributed by atoms with E-state index in [1.165, 1.54) is 6.07 Å². The lowest BCUT2D eigenvalue weighted by atomic mass is 9.78. The Bertz CT molecular complexity index is 1340. The number of para-hydroxylation sites is 2. The number of rotatable bonds is 5. The average Bonchev–Trinajstić information content (AvgIpc) is 3.29. The monoisotopic (exact) mass is 470 g/mol. The molecule has 5 rings (SSSR count). The number of carbonyl (C=O) groups excluding carboxylic acids is 2. The van der Waals surface area contributed by atoms with Crippen LogP contribution in [-0.2, 0) is 17.6 Å². The highest BCUT2D eigenvalue weighted by Crippen LogP contribution is 2.36. The van der Waals surface area contributed by atoms with Gasteiger partial charge in [0.1, 0.15) is 23.0 Å². The number of aryl methyl sites for hydroxylation is 2. The molecule has 7 nitrogen and oxygen atoms in total.